The summed E-state index contributed by atoms with van der Waals surface area (Å²) < 4.78 is 1.85. The van der Waals surface area contributed by atoms with E-state index in [0.29, 0.717) is 24.9 Å². The molecule has 0 saturated carbocycles. The lowest BCUT2D eigenvalue weighted by Gasteiger charge is -2.32. The second-order valence-corrected chi connectivity index (χ2v) is 7.84. The van der Waals surface area contributed by atoms with Crippen LogP contribution in [-0.4, -0.2) is 64.6 Å². The van der Waals surface area contributed by atoms with Gasteiger partial charge in [-0.05, 0) is 50.6 Å². The Bertz CT molecular complexity index is 864. The highest BCUT2D eigenvalue weighted by Crippen LogP contribution is 2.14. The molecular weight excluding hydrogens is 366 g/mol. The lowest BCUT2D eigenvalue weighted by molar-refractivity contribution is -0.121. The molecular formula is C22H31N5O2. The van der Waals surface area contributed by atoms with Crippen LogP contribution in [0, 0.1) is 13.8 Å². The lowest BCUT2D eigenvalue weighted by atomic mass is 10.1. The van der Waals surface area contributed by atoms with Crippen LogP contribution in [0.4, 0.5) is 0 Å². The minimum atomic E-state index is 0.0187. The first-order chi connectivity index (χ1) is 13.8. The van der Waals surface area contributed by atoms with Crippen molar-refractivity contribution in [3.05, 3.63) is 52.3 Å². The number of carbonyl (C=O) groups excluding carboxylic acids is 2. The van der Waals surface area contributed by atoms with E-state index < -0.39 is 0 Å². The average Bonchev–Trinajstić information content (AvgIpc) is 2.96. The van der Waals surface area contributed by atoms with Crippen molar-refractivity contribution < 1.29 is 9.59 Å². The van der Waals surface area contributed by atoms with Crippen molar-refractivity contribution in [1.82, 2.24) is 24.9 Å². The fourth-order valence-electron chi connectivity index (χ4n) is 3.66. The molecule has 1 saturated heterocycles. The molecule has 156 valence electrons. The molecule has 0 spiro atoms. The maximum atomic E-state index is 12.6. The molecule has 7 nitrogen and oxygen atoms in total. The maximum absolute atomic E-state index is 12.6. The zero-order chi connectivity index (χ0) is 21.0. The van der Waals surface area contributed by atoms with Crippen LogP contribution < -0.4 is 5.32 Å². The molecule has 1 aliphatic rings. The van der Waals surface area contributed by atoms with Gasteiger partial charge >= 0.3 is 0 Å². The third-order valence-corrected chi connectivity index (χ3v) is 5.74. The van der Waals surface area contributed by atoms with E-state index in [1.54, 1.807) is 0 Å². The summed E-state index contributed by atoms with van der Waals surface area (Å²) in [6.07, 6.45) is 1.13. The topological polar surface area (TPSA) is 70.5 Å². The first kappa shape index (κ1) is 21.0. The minimum Gasteiger partial charge on any atom is -0.352 e. The van der Waals surface area contributed by atoms with Crippen LogP contribution >= 0.6 is 0 Å². The van der Waals surface area contributed by atoms with Crippen molar-refractivity contribution in [2.45, 2.75) is 33.2 Å². The molecule has 0 radical (unpaired) electrons. The Morgan fingerprint density at radius 1 is 1.03 bits per heavy atom. The van der Waals surface area contributed by atoms with E-state index in [9.17, 15) is 9.59 Å². The van der Waals surface area contributed by atoms with Crippen molar-refractivity contribution in [2.24, 2.45) is 7.05 Å². The first-order valence-corrected chi connectivity index (χ1v) is 10.2. The molecule has 2 heterocycles. The molecule has 0 unspecified atom stereocenters. The first-order valence-electron chi connectivity index (χ1n) is 10.2. The number of aromatic nitrogens is 2. The molecule has 3 rings (SSSR count). The van der Waals surface area contributed by atoms with Gasteiger partial charge in [-0.1, -0.05) is 12.1 Å². The standard InChI is InChI=1S/C22H31N5O2/c1-16-20(17(2)26(4)24-16)9-10-21(28)23-15-18-5-7-19(8-6-18)22(29)27-13-11-25(3)12-14-27/h5-8H,9-15H2,1-4H3,(H,23,28). The summed E-state index contributed by atoms with van der Waals surface area (Å²) in [6.45, 7) is 7.82. The zero-order valence-electron chi connectivity index (χ0n) is 17.9. The number of carbonyl (C=O) groups is 2. The van der Waals surface area contributed by atoms with Crippen LogP contribution in [-0.2, 0) is 24.8 Å². The summed E-state index contributed by atoms with van der Waals surface area (Å²) in [5.41, 5.74) is 4.93. The van der Waals surface area contributed by atoms with Crippen molar-refractivity contribution in [1.29, 1.82) is 0 Å². The molecule has 1 fully saturated rings. The van der Waals surface area contributed by atoms with Gasteiger partial charge in [-0.2, -0.15) is 5.10 Å². The van der Waals surface area contributed by atoms with Crippen molar-refractivity contribution in [3.63, 3.8) is 0 Å². The van der Waals surface area contributed by atoms with Crippen molar-refractivity contribution >= 4 is 11.8 Å². The van der Waals surface area contributed by atoms with Gasteiger partial charge in [-0.15, -0.1) is 0 Å². The fraction of sp³-hybridized carbons (Fsp3) is 0.500. The number of rotatable bonds is 6. The van der Waals surface area contributed by atoms with E-state index >= 15 is 0 Å². The Balaban J connectivity index is 1.47. The molecule has 1 aromatic carbocycles. The fourth-order valence-corrected chi connectivity index (χ4v) is 3.66. The van der Waals surface area contributed by atoms with E-state index in [1.807, 2.05) is 54.7 Å². The highest BCUT2D eigenvalue weighted by molar-refractivity contribution is 5.94. The Morgan fingerprint density at radius 3 is 2.28 bits per heavy atom. The largest absolute Gasteiger partial charge is 0.352 e. The molecule has 0 bridgehead atoms. The Kier molecular flexibility index (Phi) is 6.69. The van der Waals surface area contributed by atoms with Crippen LogP contribution in [0.1, 0.15) is 39.3 Å². The molecule has 2 aromatic rings. The average molecular weight is 398 g/mol. The van der Waals surface area contributed by atoms with Gasteiger partial charge in [0.2, 0.25) is 5.91 Å². The number of aryl methyl sites for hydroxylation is 2. The summed E-state index contributed by atoms with van der Waals surface area (Å²) in [5, 5.41) is 7.36. The number of nitrogens with zero attached hydrogens (tertiary/aromatic N) is 4. The minimum absolute atomic E-state index is 0.0187. The quantitative estimate of drug-likeness (QED) is 0.805. The number of piperazine rings is 1. The van der Waals surface area contributed by atoms with Crippen LogP contribution in [0.3, 0.4) is 0 Å². The Labute approximate surface area is 172 Å². The second-order valence-electron chi connectivity index (χ2n) is 7.84. The second kappa shape index (κ2) is 9.22. The predicted octanol–water partition coefficient (Wildman–Crippen LogP) is 1.67. The highest BCUT2D eigenvalue weighted by Gasteiger charge is 2.20. The van der Waals surface area contributed by atoms with E-state index in [-0.39, 0.29) is 11.8 Å². The number of benzene rings is 1. The number of hydrogen-bond donors (Lipinski definition) is 1. The molecule has 1 aromatic heterocycles. The molecule has 1 aliphatic heterocycles. The number of nitrogens with one attached hydrogen (secondary N) is 1. The molecule has 29 heavy (non-hydrogen) atoms. The van der Waals surface area contributed by atoms with Gasteiger partial charge in [0.15, 0.2) is 0 Å². The smallest absolute Gasteiger partial charge is 0.253 e. The van der Waals surface area contributed by atoms with Crippen molar-refractivity contribution in [2.75, 3.05) is 33.2 Å². The van der Waals surface area contributed by atoms with E-state index in [0.717, 1.165) is 48.7 Å². The Morgan fingerprint density at radius 2 is 1.69 bits per heavy atom. The van der Waals surface area contributed by atoms with Crippen LogP contribution in [0.2, 0.25) is 0 Å². The Hall–Kier alpha value is -2.67. The summed E-state index contributed by atoms with van der Waals surface area (Å²) in [6, 6.07) is 7.53. The maximum Gasteiger partial charge on any atom is 0.253 e. The highest BCUT2D eigenvalue weighted by atomic mass is 16.2. The van der Waals surface area contributed by atoms with Gasteiger partial charge < -0.3 is 15.1 Å². The van der Waals surface area contributed by atoms with Gasteiger partial charge in [-0.25, -0.2) is 0 Å². The summed E-state index contributed by atoms with van der Waals surface area (Å²) in [7, 11) is 3.99. The van der Waals surface area contributed by atoms with Gasteiger partial charge in [0, 0.05) is 57.4 Å². The SMILES string of the molecule is Cc1nn(C)c(C)c1CCC(=O)NCc1ccc(C(=O)N2CCN(C)CC2)cc1. The number of likely N-dealkylation sites (N-methyl/N-ethyl adjacent to an activating group) is 1. The summed E-state index contributed by atoms with van der Waals surface area (Å²) in [5.74, 6) is 0.0983. The van der Waals surface area contributed by atoms with Gasteiger partial charge in [0.05, 0.1) is 5.69 Å². The van der Waals surface area contributed by atoms with Gasteiger partial charge in [0.25, 0.3) is 5.91 Å². The molecule has 7 heteroatoms. The number of hydrogen-bond acceptors (Lipinski definition) is 4. The van der Waals surface area contributed by atoms with E-state index in [2.05, 4.69) is 22.4 Å². The van der Waals surface area contributed by atoms with Crippen LogP contribution in [0.15, 0.2) is 24.3 Å². The molecule has 2 amide bonds. The zero-order valence-corrected chi connectivity index (χ0v) is 17.9. The number of amides is 2. The van der Waals surface area contributed by atoms with Crippen LogP contribution in [0.5, 0.6) is 0 Å². The van der Waals surface area contributed by atoms with Gasteiger partial charge in [-0.3, -0.25) is 14.3 Å². The molecule has 0 atom stereocenters. The van der Waals surface area contributed by atoms with Crippen LogP contribution in [0.25, 0.3) is 0 Å². The lowest BCUT2D eigenvalue weighted by Crippen LogP contribution is -2.47. The summed E-state index contributed by atoms with van der Waals surface area (Å²) in [4.78, 5) is 28.9. The van der Waals surface area contributed by atoms with Crippen molar-refractivity contribution in [3.8, 4) is 0 Å². The monoisotopic (exact) mass is 397 g/mol. The molecule has 1 N–H and O–H groups in total. The van der Waals surface area contributed by atoms with E-state index in [1.165, 1.54) is 0 Å². The normalized spacial score (nSPS) is 14.8. The summed E-state index contributed by atoms with van der Waals surface area (Å²) >= 11 is 0. The third kappa shape index (κ3) is 5.23. The van der Waals surface area contributed by atoms with E-state index in [4.69, 9.17) is 0 Å². The van der Waals surface area contributed by atoms with Gasteiger partial charge in [0.1, 0.15) is 0 Å². The predicted molar refractivity (Wildman–Crippen MR) is 113 cm³/mol. The molecule has 0 aliphatic carbocycles. The third-order valence-electron chi connectivity index (χ3n) is 5.74.